The molecule has 5 heteroatoms. The van der Waals surface area contributed by atoms with E-state index in [0.717, 1.165) is 41.7 Å². The maximum Gasteiger partial charge on any atom is 0.330 e. The maximum atomic E-state index is 11.5. The summed E-state index contributed by atoms with van der Waals surface area (Å²) in [6.07, 6.45) is 6.04. The van der Waals surface area contributed by atoms with E-state index >= 15 is 0 Å². The summed E-state index contributed by atoms with van der Waals surface area (Å²) in [5, 5.41) is 0.608. The molecule has 0 N–H and O–H groups in total. The van der Waals surface area contributed by atoms with Gasteiger partial charge < -0.3 is 4.74 Å². The molecule has 1 aliphatic carbocycles. The average Bonchev–Trinajstić information content (AvgIpc) is 2.55. The molecule has 0 amide bonds. The molecule has 0 bridgehead atoms. The van der Waals surface area contributed by atoms with Crippen molar-refractivity contribution in [3.63, 3.8) is 0 Å². The SMILES string of the molecule is COC(=O)/C=C1\CCCc2cnc(-c3ccccc3Cl)nc21. The first-order chi connectivity index (χ1) is 10.7. The Balaban J connectivity index is 2.08. The molecular formula is C17H15ClN2O2. The van der Waals surface area contributed by atoms with Crippen LogP contribution in [0, 0.1) is 0 Å². The van der Waals surface area contributed by atoms with E-state index < -0.39 is 0 Å². The molecule has 22 heavy (non-hydrogen) atoms. The summed E-state index contributed by atoms with van der Waals surface area (Å²) in [6, 6.07) is 7.46. The molecule has 1 heterocycles. The molecule has 0 unspecified atom stereocenters. The van der Waals surface area contributed by atoms with Crippen molar-refractivity contribution in [3.05, 3.63) is 52.8 Å². The summed E-state index contributed by atoms with van der Waals surface area (Å²) in [5.41, 5.74) is 3.55. The Morgan fingerprint density at radius 1 is 1.32 bits per heavy atom. The van der Waals surface area contributed by atoms with Gasteiger partial charge in [0.05, 0.1) is 17.8 Å². The van der Waals surface area contributed by atoms with Crippen LogP contribution in [0.25, 0.3) is 17.0 Å². The fourth-order valence-corrected chi connectivity index (χ4v) is 2.79. The van der Waals surface area contributed by atoms with Gasteiger partial charge in [0.25, 0.3) is 0 Å². The zero-order valence-electron chi connectivity index (χ0n) is 12.2. The van der Waals surface area contributed by atoms with Gasteiger partial charge in [-0.2, -0.15) is 0 Å². The first kappa shape index (κ1) is 14.7. The molecule has 0 aliphatic heterocycles. The number of nitrogens with zero attached hydrogens (tertiary/aromatic N) is 2. The van der Waals surface area contributed by atoms with Crippen LogP contribution >= 0.6 is 11.6 Å². The van der Waals surface area contributed by atoms with Gasteiger partial charge in [0, 0.05) is 17.8 Å². The first-order valence-electron chi connectivity index (χ1n) is 7.08. The number of hydrogen-bond donors (Lipinski definition) is 0. The van der Waals surface area contributed by atoms with E-state index in [2.05, 4.69) is 9.97 Å². The number of allylic oxidation sites excluding steroid dienone is 1. The van der Waals surface area contributed by atoms with E-state index in [-0.39, 0.29) is 5.97 Å². The second kappa shape index (κ2) is 6.28. The van der Waals surface area contributed by atoms with E-state index in [1.54, 1.807) is 0 Å². The summed E-state index contributed by atoms with van der Waals surface area (Å²) < 4.78 is 4.72. The third-order valence-electron chi connectivity index (χ3n) is 3.67. The predicted molar refractivity (Wildman–Crippen MR) is 85.4 cm³/mol. The highest BCUT2D eigenvalue weighted by atomic mass is 35.5. The van der Waals surface area contributed by atoms with Gasteiger partial charge in [-0.3, -0.25) is 0 Å². The van der Waals surface area contributed by atoms with Crippen molar-refractivity contribution < 1.29 is 9.53 Å². The number of ether oxygens (including phenoxy) is 1. The topological polar surface area (TPSA) is 52.1 Å². The van der Waals surface area contributed by atoms with Crippen molar-refractivity contribution in [1.82, 2.24) is 9.97 Å². The molecule has 112 valence electrons. The van der Waals surface area contributed by atoms with Crippen molar-refractivity contribution in [2.45, 2.75) is 19.3 Å². The quantitative estimate of drug-likeness (QED) is 0.626. The van der Waals surface area contributed by atoms with Crippen LogP contribution < -0.4 is 0 Å². The normalized spacial score (nSPS) is 15.5. The number of aromatic nitrogens is 2. The van der Waals surface area contributed by atoms with Crippen molar-refractivity contribution in [1.29, 1.82) is 0 Å². The Hall–Kier alpha value is -2.20. The highest BCUT2D eigenvalue weighted by Gasteiger charge is 2.19. The Kier molecular flexibility index (Phi) is 4.20. The Labute approximate surface area is 133 Å². The van der Waals surface area contributed by atoms with Gasteiger partial charge >= 0.3 is 5.97 Å². The Morgan fingerprint density at radius 3 is 2.91 bits per heavy atom. The largest absolute Gasteiger partial charge is 0.466 e. The minimum atomic E-state index is -0.360. The second-order valence-electron chi connectivity index (χ2n) is 5.09. The zero-order chi connectivity index (χ0) is 15.5. The Morgan fingerprint density at radius 2 is 2.14 bits per heavy atom. The molecule has 0 saturated carbocycles. The minimum Gasteiger partial charge on any atom is -0.466 e. The average molecular weight is 315 g/mol. The number of halogens is 1. The lowest BCUT2D eigenvalue weighted by Gasteiger charge is -2.18. The molecule has 4 nitrogen and oxygen atoms in total. The van der Waals surface area contributed by atoms with Crippen LogP contribution in [0.2, 0.25) is 5.02 Å². The molecule has 0 saturated heterocycles. The zero-order valence-corrected chi connectivity index (χ0v) is 12.9. The van der Waals surface area contributed by atoms with Gasteiger partial charge in [-0.1, -0.05) is 23.7 Å². The molecule has 3 rings (SSSR count). The standard InChI is InChI=1S/C17H15ClN2O2/c1-22-15(21)9-11-5-4-6-12-10-19-17(20-16(11)12)13-7-2-3-8-14(13)18/h2-3,7-10H,4-6H2,1H3/b11-9+. The van der Waals surface area contributed by atoms with Gasteiger partial charge in [0.1, 0.15) is 0 Å². The van der Waals surface area contributed by atoms with Crippen molar-refractivity contribution in [2.75, 3.05) is 7.11 Å². The van der Waals surface area contributed by atoms with Gasteiger partial charge in [-0.05, 0) is 42.5 Å². The summed E-state index contributed by atoms with van der Waals surface area (Å²) >= 11 is 6.22. The van der Waals surface area contributed by atoms with Gasteiger partial charge in [0.15, 0.2) is 5.82 Å². The lowest BCUT2D eigenvalue weighted by Crippen LogP contribution is -2.09. The van der Waals surface area contributed by atoms with Crippen molar-refractivity contribution in [3.8, 4) is 11.4 Å². The number of esters is 1. The molecule has 1 aromatic heterocycles. The van der Waals surface area contributed by atoms with Crippen LogP contribution in [0.15, 0.2) is 36.5 Å². The van der Waals surface area contributed by atoms with Crippen molar-refractivity contribution >= 4 is 23.1 Å². The number of fused-ring (bicyclic) bond motifs is 1. The predicted octanol–water partition coefficient (Wildman–Crippen LogP) is 3.69. The van der Waals surface area contributed by atoms with E-state index in [1.807, 2.05) is 30.5 Å². The molecule has 0 fully saturated rings. The molecule has 1 aliphatic rings. The van der Waals surface area contributed by atoms with Gasteiger partial charge in [0.2, 0.25) is 0 Å². The number of carbonyl (C=O) groups is 1. The number of methoxy groups -OCH3 is 1. The van der Waals surface area contributed by atoms with E-state index in [1.165, 1.54) is 13.2 Å². The minimum absolute atomic E-state index is 0.360. The van der Waals surface area contributed by atoms with Crippen LogP contribution in [0.5, 0.6) is 0 Å². The highest BCUT2D eigenvalue weighted by molar-refractivity contribution is 6.33. The summed E-state index contributed by atoms with van der Waals surface area (Å²) in [7, 11) is 1.37. The fourth-order valence-electron chi connectivity index (χ4n) is 2.57. The van der Waals surface area contributed by atoms with E-state index in [9.17, 15) is 4.79 Å². The molecule has 1 aromatic carbocycles. The molecule has 0 atom stereocenters. The van der Waals surface area contributed by atoms with Crippen LogP contribution in [0.1, 0.15) is 24.1 Å². The smallest absolute Gasteiger partial charge is 0.330 e. The van der Waals surface area contributed by atoms with E-state index in [4.69, 9.17) is 16.3 Å². The summed E-state index contributed by atoms with van der Waals surface area (Å²) in [6.45, 7) is 0. The second-order valence-corrected chi connectivity index (χ2v) is 5.50. The number of carbonyl (C=O) groups excluding carboxylic acids is 1. The molecule has 2 aromatic rings. The maximum absolute atomic E-state index is 11.5. The number of aryl methyl sites for hydroxylation is 1. The monoisotopic (exact) mass is 314 g/mol. The van der Waals surface area contributed by atoms with Crippen LogP contribution in [0.4, 0.5) is 0 Å². The third-order valence-corrected chi connectivity index (χ3v) is 4.00. The summed E-state index contributed by atoms with van der Waals surface area (Å²) in [4.78, 5) is 20.6. The fraction of sp³-hybridized carbons (Fsp3) is 0.235. The molecular weight excluding hydrogens is 300 g/mol. The molecule has 0 spiro atoms. The van der Waals surface area contributed by atoms with Crippen LogP contribution in [-0.2, 0) is 16.0 Å². The van der Waals surface area contributed by atoms with Crippen LogP contribution in [-0.4, -0.2) is 23.0 Å². The van der Waals surface area contributed by atoms with E-state index in [0.29, 0.717) is 10.8 Å². The molecule has 0 radical (unpaired) electrons. The lowest BCUT2D eigenvalue weighted by molar-refractivity contribution is -0.134. The third kappa shape index (κ3) is 2.88. The highest BCUT2D eigenvalue weighted by Crippen LogP contribution is 2.32. The summed E-state index contributed by atoms with van der Waals surface area (Å²) in [5.74, 6) is 0.211. The van der Waals surface area contributed by atoms with Gasteiger partial charge in [-0.15, -0.1) is 0 Å². The van der Waals surface area contributed by atoms with Crippen LogP contribution in [0.3, 0.4) is 0 Å². The van der Waals surface area contributed by atoms with Gasteiger partial charge in [-0.25, -0.2) is 14.8 Å². The number of hydrogen-bond acceptors (Lipinski definition) is 4. The number of rotatable bonds is 2. The lowest BCUT2D eigenvalue weighted by atomic mass is 9.92. The Bertz CT molecular complexity index is 756. The first-order valence-corrected chi connectivity index (χ1v) is 7.46. The van der Waals surface area contributed by atoms with Crippen molar-refractivity contribution in [2.24, 2.45) is 0 Å². The number of benzene rings is 1.